The maximum absolute atomic E-state index is 14.5. The zero-order valence-electron chi connectivity index (χ0n) is 29.6. The number of nitrogens with one attached hydrogen (secondary N) is 2. The number of aromatic nitrogens is 2. The molecule has 53 heavy (non-hydrogen) atoms. The molecule has 0 spiro atoms. The number of ether oxygens (including phenoxy) is 2. The van der Waals surface area contributed by atoms with Crippen molar-refractivity contribution in [2.45, 2.75) is 57.5 Å². The van der Waals surface area contributed by atoms with E-state index >= 15 is 0 Å². The highest BCUT2D eigenvalue weighted by Crippen LogP contribution is 2.32. The molecule has 2 aromatic heterocycles. The molecule has 3 N–H and O–H groups in total. The fourth-order valence-corrected chi connectivity index (χ4v) is 8.69. The molecule has 7 rings (SSSR count). The summed E-state index contributed by atoms with van der Waals surface area (Å²) in [5.74, 6) is 1.48. The minimum Gasteiger partial charge on any atom is -0.438 e. The van der Waals surface area contributed by atoms with Gasteiger partial charge in [-0.25, -0.2) is 14.4 Å². The van der Waals surface area contributed by atoms with Crippen LogP contribution in [0.25, 0.3) is 11.1 Å². The first kappa shape index (κ1) is 37.4. The quantitative estimate of drug-likeness (QED) is 0.171. The van der Waals surface area contributed by atoms with Gasteiger partial charge in [0.1, 0.15) is 27.8 Å². The molecule has 4 aromatic rings. The van der Waals surface area contributed by atoms with Crippen molar-refractivity contribution in [1.82, 2.24) is 30.4 Å². The van der Waals surface area contributed by atoms with Crippen molar-refractivity contribution in [1.29, 1.82) is 0 Å². The second kappa shape index (κ2) is 17.9. The summed E-state index contributed by atoms with van der Waals surface area (Å²) in [7, 11) is 0. The summed E-state index contributed by atoms with van der Waals surface area (Å²) in [6.07, 6.45) is 3.66. The van der Waals surface area contributed by atoms with Crippen LogP contribution < -0.4 is 15.4 Å². The molecule has 2 saturated heterocycles. The zero-order valence-corrected chi connectivity index (χ0v) is 31.2. The Hall–Kier alpha value is -3.92. The van der Waals surface area contributed by atoms with Gasteiger partial charge in [0.25, 0.3) is 11.8 Å². The number of morpholine rings is 1. The van der Waals surface area contributed by atoms with Crippen LogP contribution in [-0.2, 0) is 24.4 Å². The van der Waals surface area contributed by atoms with Gasteiger partial charge in [-0.15, -0.1) is 11.3 Å². The first-order valence-electron chi connectivity index (χ1n) is 18.2. The molecule has 3 aliphatic rings. The number of thiazole rings is 1. The number of aliphatic hydroxyl groups is 1. The van der Waals surface area contributed by atoms with Gasteiger partial charge in [0.2, 0.25) is 5.88 Å². The summed E-state index contributed by atoms with van der Waals surface area (Å²) in [5, 5.41) is 17.4. The summed E-state index contributed by atoms with van der Waals surface area (Å²) in [4.78, 5) is 39.4. The molecule has 11 nitrogen and oxygen atoms in total. The molecular weight excluding hydrogens is 716 g/mol. The van der Waals surface area contributed by atoms with Gasteiger partial charge in [0, 0.05) is 68.2 Å². The fourth-order valence-electron chi connectivity index (χ4n) is 7.08. The number of amides is 2. The average Bonchev–Trinajstić information content (AvgIpc) is 3.67. The largest absolute Gasteiger partial charge is 0.438 e. The van der Waals surface area contributed by atoms with E-state index in [2.05, 4.69) is 54.7 Å². The molecule has 1 saturated carbocycles. The molecule has 0 atom stereocenters. The Labute approximate surface area is 317 Å². The van der Waals surface area contributed by atoms with E-state index in [4.69, 9.17) is 9.47 Å². The highest BCUT2D eigenvalue weighted by atomic mass is 32.2. The molecule has 2 aromatic carbocycles. The van der Waals surface area contributed by atoms with Gasteiger partial charge in [-0.1, -0.05) is 30.3 Å². The van der Waals surface area contributed by atoms with Crippen molar-refractivity contribution < 1.29 is 28.6 Å². The number of nitrogens with zero attached hydrogens (tertiary/aromatic N) is 4. The van der Waals surface area contributed by atoms with Crippen molar-refractivity contribution in [3.8, 4) is 22.8 Å². The van der Waals surface area contributed by atoms with Crippen LogP contribution in [0.2, 0.25) is 0 Å². The maximum atomic E-state index is 14.5. The van der Waals surface area contributed by atoms with Crippen LogP contribution in [0, 0.1) is 5.82 Å². The van der Waals surface area contributed by atoms with Crippen molar-refractivity contribution in [2.24, 2.45) is 0 Å². The Kier molecular flexibility index (Phi) is 12.7. The number of hydrogen-bond donors (Lipinski definition) is 3. The molecule has 0 bridgehead atoms. The number of pyridine rings is 1. The summed E-state index contributed by atoms with van der Waals surface area (Å²) in [6, 6.07) is 15.4. The van der Waals surface area contributed by atoms with Crippen LogP contribution in [0.15, 0.2) is 60.1 Å². The van der Waals surface area contributed by atoms with Crippen LogP contribution in [0.1, 0.15) is 62.7 Å². The molecule has 280 valence electrons. The molecule has 2 aliphatic heterocycles. The Bertz CT molecular complexity index is 1870. The van der Waals surface area contributed by atoms with Crippen molar-refractivity contribution in [3.63, 3.8) is 0 Å². The topological polar surface area (TPSA) is 129 Å². The minimum absolute atomic E-state index is 0.0162. The third-order valence-corrected chi connectivity index (χ3v) is 11.7. The van der Waals surface area contributed by atoms with Crippen LogP contribution in [0.4, 0.5) is 4.39 Å². The van der Waals surface area contributed by atoms with Gasteiger partial charge in [0.05, 0.1) is 26.0 Å². The monoisotopic (exact) mass is 760 g/mol. The minimum atomic E-state index is -0.634. The summed E-state index contributed by atoms with van der Waals surface area (Å²) in [5.41, 5.74) is 4.93. The van der Waals surface area contributed by atoms with Gasteiger partial charge in [-0.05, 0) is 66.1 Å². The predicted molar refractivity (Wildman–Crippen MR) is 204 cm³/mol. The molecular formula is C39H45FN6O5S2. The van der Waals surface area contributed by atoms with Crippen molar-refractivity contribution in [2.75, 3.05) is 50.9 Å². The summed E-state index contributed by atoms with van der Waals surface area (Å²) < 4.78 is 26.3. The van der Waals surface area contributed by atoms with E-state index < -0.39 is 11.7 Å². The lowest BCUT2D eigenvalue weighted by atomic mass is 9.91. The van der Waals surface area contributed by atoms with Gasteiger partial charge < -0.3 is 25.2 Å². The second-order valence-electron chi connectivity index (χ2n) is 13.7. The number of benzene rings is 2. The first-order chi connectivity index (χ1) is 25.9. The van der Waals surface area contributed by atoms with E-state index in [0.717, 1.165) is 75.9 Å². The van der Waals surface area contributed by atoms with E-state index in [1.807, 2.05) is 30.0 Å². The van der Waals surface area contributed by atoms with E-state index in [-0.39, 0.29) is 36.0 Å². The van der Waals surface area contributed by atoms with E-state index in [1.54, 1.807) is 5.38 Å². The number of thioether (sulfide) groups is 1. The van der Waals surface area contributed by atoms with Crippen molar-refractivity contribution >= 4 is 34.9 Å². The smallest absolute Gasteiger partial charge is 0.270 e. The molecule has 4 heterocycles. The maximum Gasteiger partial charge on any atom is 0.270 e. The third-order valence-electron chi connectivity index (χ3n) is 9.92. The predicted octanol–water partition coefficient (Wildman–Crippen LogP) is 5.48. The zero-order chi connectivity index (χ0) is 36.6. The first-order valence-corrected chi connectivity index (χ1v) is 20.3. The Balaban J connectivity index is 1.02. The second-order valence-corrected chi connectivity index (χ2v) is 15.9. The lowest BCUT2D eigenvalue weighted by Crippen LogP contribution is -2.44. The summed E-state index contributed by atoms with van der Waals surface area (Å²) in [6.45, 7) is 6.96. The van der Waals surface area contributed by atoms with Crippen molar-refractivity contribution in [3.05, 3.63) is 93.3 Å². The molecule has 0 unspecified atom stereocenters. The molecule has 2 amide bonds. The molecule has 14 heteroatoms. The normalized spacial score (nSPS) is 19.8. The number of carbonyl (C=O) groups excluding carboxylic acids is 2. The van der Waals surface area contributed by atoms with Crippen LogP contribution >= 0.6 is 23.1 Å². The number of rotatable bonds is 12. The summed E-state index contributed by atoms with van der Waals surface area (Å²) >= 11 is 3.25. The molecule has 1 aliphatic carbocycles. The van der Waals surface area contributed by atoms with Gasteiger partial charge >= 0.3 is 0 Å². The highest BCUT2D eigenvalue weighted by Gasteiger charge is 2.27. The third kappa shape index (κ3) is 9.99. The van der Waals surface area contributed by atoms with E-state index in [9.17, 15) is 19.1 Å². The number of carbonyl (C=O) groups is 2. The standard InChI is InChI=1S/C39H45FN6O5S2/c40-29-20-34(37(48)42-30-5-7-31(8-6-30)43-38(49)35-25-53-36(24-47)44-35)39(41-21-29)51-32-3-1-2-27(19-32)33-9-4-26(22-46-12-16-52-17-13-46)18-28(33)23-45-10-14-50-15-11-45/h1-4,9,18-21,25,30-31,47H,5-8,10-17,22-24H2,(H,42,48)(H,43,49). The lowest BCUT2D eigenvalue weighted by molar-refractivity contribution is 0.0342. The number of hydrogen-bond acceptors (Lipinski definition) is 11. The Morgan fingerprint density at radius 2 is 1.66 bits per heavy atom. The Morgan fingerprint density at radius 1 is 0.925 bits per heavy atom. The molecule has 0 radical (unpaired) electrons. The van der Waals surface area contributed by atoms with Gasteiger partial charge in [-0.2, -0.15) is 11.8 Å². The number of aliphatic hydroxyl groups excluding tert-OH is 1. The number of halogens is 1. The van der Waals surface area contributed by atoms with E-state index in [1.165, 1.54) is 34.0 Å². The van der Waals surface area contributed by atoms with Gasteiger partial charge in [-0.3, -0.25) is 19.4 Å². The van der Waals surface area contributed by atoms with Crippen LogP contribution in [-0.4, -0.2) is 99.7 Å². The van der Waals surface area contributed by atoms with E-state index in [0.29, 0.717) is 42.1 Å². The molecule has 3 fully saturated rings. The van der Waals surface area contributed by atoms with Gasteiger partial charge in [0.15, 0.2) is 0 Å². The lowest BCUT2D eigenvalue weighted by Gasteiger charge is -2.29. The average molecular weight is 761 g/mol. The van der Waals surface area contributed by atoms with Crippen LogP contribution in [0.3, 0.4) is 0 Å². The Morgan fingerprint density at radius 3 is 2.40 bits per heavy atom. The SMILES string of the molecule is O=C(NC1CCC(NC(=O)c2cc(F)cnc2Oc2cccc(-c3ccc(CN4CCSCC4)cc3CN3CCOCC3)c2)CC1)c1csc(CO)n1. The highest BCUT2D eigenvalue weighted by molar-refractivity contribution is 7.99. The fraction of sp³-hybridized carbons (Fsp3) is 0.436. The van der Waals surface area contributed by atoms with Crippen LogP contribution in [0.5, 0.6) is 11.6 Å².